The van der Waals surface area contributed by atoms with E-state index in [1.807, 2.05) is 44.3 Å². The molecule has 0 unspecified atom stereocenters. The van der Waals surface area contributed by atoms with E-state index in [1.54, 1.807) is 10.9 Å². The number of halogens is 1. The molecule has 20 heavy (non-hydrogen) atoms. The van der Waals surface area contributed by atoms with Gasteiger partial charge in [-0.25, -0.2) is 0 Å². The molecule has 3 rings (SSSR count). The minimum atomic E-state index is 0.614. The highest BCUT2D eigenvalue weighted by atomic mass is 35.5. The van der Waals surface area contributed by atoms with Crippen LogP contribution in [0.1, 0.15) is 5.76 Å². The molecule has 0 saturated heterocycles. The summed E-state index contributed by atoms with van der Waals surface area (Å²) in [6.45, 7) is 1.91. The summed E-state index contributed by atoms with van der Waals surface area (Å²) in [4.78, 5) is 0. The van der Waals surface area contributed by atoms with E-state index in [9.17, 15) is 0 Å². The Bertz CT molecular complexity index is 756. The molecular weight excluding hydrogens is 274 g/mol. The van der Waals surface area contributed by atoms with Crippen LogP contribution in [-0.4, -0.2) is 9.78 Å². The fourth-order valence-electron chi connectivity index (χ4n) is 2.26. The number of anilines is 1. The van der Waals surface area contributed by atoms with Gasteiger partial charge >= 0.3 is 0 Å². The predicted molar refractivity (Wildman–Crippen MR) is 80.5 cm³/mol. The number of hydrogen-bond acceptors (Lipinski definition) is 3. The van der Waals surface area contributed by atoms with Gasteiger partial charge in [-0.15, -0.1) is 0 Å². The highest BCUT2D eigenvalue weighted by Gasteiger charge is 2.19. The number of nitrogens with zero attached hydrogens (tertiary/aromatic N) is 2. The number of hydrogen-bond donors (Lipinski definition) is 1. The SMILES string of the molecule is Cc1occc1-c1nn(C)c(N)c1-c1ccc(Cl)cc1. The summed E-state index contributed by atoms with van der Waals surface area (Å²) in [6.07, 6.45) is 1.65. The van der Waals surface area contributed by atoms with Crippen molar-refractivity contribution in [2.45, 2.75) is 6.92 Å². The van der Waals surface area contributed by atoms with Gasteiger partial charge in [-0.2, -0.15) is 5.10 Å². The van der Waals surface area contributed by atoms with E-state index in [0.717, 1.165) is 28.1 Å². The molecule has 4 nitrogen and oxygen atoms in total. The van der Waals surface area contributed by atoms with Crippen molar-refractivity contribution in [1.29, 1.82) is 0 Å². The highest BCUT2D eigenvalue weighted by Crippen LogP contribution is 2.37. The van der Waals surface area contributed by atoms with Gasteiger partial charge in [0.05, 0.1) is 11.8 Å². The number of nitrogens with two attached hydrogens (primary N) is 1. The third kappa shape index (κ3) is 1.98. The lowest BCUT2D eigenvalue weighted by Crippen LogP contribution is -1.97. The molecule has 0 spiro atoms. The molecule has 3 aromatic rings. The van der Waals surface area contributed by atoms with Crippen LogP contribution >= 0.6 is 11.6 Å². The van der Waals surface area contributed by atoms with Crippen molar-refractivity contribution in [3.05, 3.63) is 47.4 Å². The second-order valence-corrected chi connectivity index (χ2v) is 5.07. The van der Waals surface area contributed by atoms with E-state index in [2.05, 4.69) is 5.10 Å². The van der Waals surface area contributed by atoms with E-state index < -0.39 is 0 Å². The summed E-state index contributed by atoms with van der Waals surface area (Å²) in [5.41, 5.74) is 9.81. The molecule has 1 aromatic carbocycles. The first-order valence-electron chi connectivity index (χ1n) is 6.21. The van der Waals surface area contributed by atoms with Crippen molar-refractivity contribution in [2.75, 3.05) is 5.73 Å². The summed E-state index contributed by atoms with van der Waals surface area (Å²) in [7, 11) is 1.83. The molecule has 2 aromatic heterocycles. The zero-order valence-corrected chi connectivity index (χ0v) is 12.0. The van der Waals surface area contributed by atoms with Crippen LogP contribution in [0.5, 0.6) is 0 Å². The van der Waals surface area contributed by atoms with Gasteiger partial charge in [0.2, 0.25) is 0 Å². The van der Waals surface area contributed by atoms with E-state index in [-0.39, 0.29) is 0 Å². The normalized spacial score (nSPS) is 10.9. The molecular formula is C15H14ClN3O. The molecule has 0 saturated carbocycles. The number of benzene rings is 1. The van der Waals surface area contributed by atoms with Gasteiger partial charge in [0.1, 0.15) is 17.3 Å². The quantitative estimate of drug-likeness (QED) is 0.778. The molecule has 2 N–H and O–H groups in total. The average molecular weight is 288 g/mol. The van der Waals surface area contributed by atoms with Gasteiger partial charge in [-0.1, -0.05) is 23.7 Å². The van der Waals surface area contributed by atoms with Crippen molar-refractivity contribution in [3.63, 3.8) is 0 Å². The van der Waals surface area contributed by atoms with Gasteiger partial charge < -0.3 is 10.2 Å². The van der Waals surface area contributed by atoms with Gasteiger partial charge in [0.25, 0.3) is 0 Å². The minimum Gasteiger partial charge on any atom is -0.469 e. The van der Waals surface area contributed by atoms with Crippen molar-refractivity contribution < 1.29 is 4.42 Å². The fourth-order valence-corrected chi connectivity index (χ4v) is 2.38. The van der Waals surface area contributed by atoms with E-state index in [4.69, 9.17) is 21.8 Å². The zero-order valence-electron chi connectivity index (χ0n) is 11.2. The molecule has 0 radical (unpaired) electrons. The molecule has 0 amide bonds. The number of aryl methyl sites for hydroxylation is 2. The minimum absolute atomic E-state index is 0.614. The Hall–Kier alpha value is -2.20. The topological polar surface area (TPSA) is 57.0 Å². The van der Waals surface area contributed by atoms with Gasteiger partial charge in [-0.05, 0) is 30.7 Å². The summed E-state index contributed by atoms with van der Waals surface area (Å²) in [5, 5.41) is 5.20. The molecule has 0 bridgehead atoms. The number of rotatable bonds is 2. The Balaban J connectivity index is 2.25. The summed E-state index contributed by atoms with van der Waals surface area (Å²) in [6, 6.07) is 9.46. The first-order chi connectivity index (χ1) is 9.58. The van der Waals surface area contributed by atoms with E-state index in [0.29, 0.717) is 10.8 Å². The summed E-state index contributed by atoms with van der Waals surface area (Å²) in [5.74, 6) is 1.43. The lowest BCUT2D eigenvalue weighted by molar-refractivity contribution is 0.535. The Labute approximate surface area is 121 Å². The molecule has 0 aliphatic heterocycles. The van der Waals surface area contributed by atoms with Crippen molar-refractivity contribution in [3.8, 4) is 22.4 Å². The molecule has 5 heteroatoms. The van der Waals surface area contributed by atoms with Crippen LogP contribution in [0.3, 0.4) is 0 Å². The maximum Gasteiger partial charge on any atom is 0.129 e. The maximum atomic E-state index is 6.17. The largest absolute Gasteiger partial charge is 0.469 e. The highest BCUT2D eigenvalue weighted by molar-refractivity contribution is 6.30. The third-order valence-corrected chi connectivity index (χ3v) is 3.59. The number of furan rings is 1. The third-order valence-electron chi connectivity index (χ3n) is 3.34. The first kappa shape index (κ1) is 12.8. The van der Waals surface area contributed by atoms with Crippen LogP contribution in [0.25, 0.3) is 22.4 Å². The Morgan fingerprint density at radius 3 is 2.50 bits per heavy atom. The van der Waals surface area contributed by atoms with Gasteiger partial charge in [0.15, 0.2) is 0 Å². The predicted octanol–water partition coefficient (Wildman–Crippen LogP) is 3.89. The zero-order chi connectivity index (χ0) is 14.3. The average Bonchev–Trinajstić information content (AvgIpc) is 2.96. The van der Waals surface area contributed by atoms with Crippen LogP contribution in [0.2, 0.25) is 5.02 Å². The lowest BCUT2D eigenvalue weighted by atomic mass is 10.0. The summed E-state index contributed by atoms with van der Waals surface area (Å²) < 4.78 is 7.04. The van der Waals surface area contributed by atoms with Crippen LogP contribution in [0.4, 0.5) is 5.82 Å². The van der Waals surface area contributed by atoms with Crippen LogP contribution in [0, 0.1) is 6.92 Å². The molecule has 0 aliphatic rings. The van der Waals surface area contributed by atoms with Gasteiger partial charge in [-0.3, -0.25) is 4.68 Å². The smallest absolute Gasteiger partial charge is 0.129 e. The van der Waals surface area contributed by atoms with Gasteiger partial charge in [0, 0.05) is 17.6 Å². The Kier molecular flexibility index (Phi) is 3.03. The van der Waals surface area contributed by atoms with Crippen molar-refractivity contribution in [2.24, 2.45) is 7.05 Å². The Morgan fingerprint density at radius 1 is 1.20 bits per heavy atom. The molecule has 2 heterocycles. The van der Waals surface area contributed by atoms with Crippen molar-refractivity contribution >= 4 is 17.4 Å². The first-order valence-corrected chi connectivity index (χ1v) is 6.58. The van der Waals surface area contributed by atoms with E-state index >= 15 is 0 Å². The molecule has 0 aliphatic carbocycles. The molecule has 0 fully saturated rings. The van der Waals surface area contributed by atoms with E-state index in [1.165, 1.54) is 0 Å². The second kappa shape index (κ2) is 4.72. The monoisotopic (exact) mass is 287 g/mol. The Morgan fingerprint density at radius 2 is 1.90 bits per heavy atom. The lowest BCUT2D eigenvalue weighted by Gasteiger charge is -2.04. The second-order valence-electron chi connectivity index (χ2n) is 4.63. The fraction of sp³-hybridized carbons (Fsp3) is 0.133. The maximum absolute atomic E-state index is 6.17. The van der Waals surface area contributed by atoms with Crippen LogP contribution in [-0.2, 0) is 7.05 Å². The summed E-state index contributed by atoms with van der Waals surface area (Å²) >= 11 is 5.94. The number of nitrogen functional groups attached to an aromatic ring is 1. The van der Waals surface area contributed by atoms with Crippen molar-refractivity contribution in [1.82, 2.24) is 9.78 Å². The number of aromatic nitrogens is 2. The molecule has 0 atom stereocenters. The van der Waals surface area contributed by atoms with Crippen LogP contribution < -0.4 is 5.73 Å². The van der Waals surface area contributed by atoms with Crippen LogP contribution in [0.15, 0.2) is 41.0 Å². The molecule has 102 valence electrons. The standard InChI is InChI=1S/C15H14ClN3O/c1-9-12(7-8-20-9)14-13(15(17)19(2)18-14)10-3-5-11(16)6-4-10/h3-8H,17H2,1-2H3.